The Morgan fingerprint density at radius 2 is 1.74 bits per heavy atom. The van der Waals surface area contributed by atoms with E-state index in [-0.39, 0.29) is 17.7 Å². The Balaban J connectivity index is 1.40. The molecular formula is C24H31ClN4O2. The Labute approximate surface area is 188 Å². The summed E-state index contributed by atoms with van der Waals surface area (Å²) >= 11 is 6.26. The molecule has 1 saturated heterocycles. The van der Waals surface area contributed by atoms with Crippen molar-refractivity contribution >= 4 is 23.4 Å². The number of nitrogens with zero attached hydrogens (tertiary/aromatic N) is 3. The molecule has 1 aliphatic heterocycles. The summed E-state index contributed by atoms with van der Waals surface area (Å²) in [5.41, 5.74) is 3.16. The summed E-state index contributed by atoms with van der Waals surface area (Å²) in [4.78, 5) is 27.7. The molecule has 2 aromatic rings. The monoisotopic (exact) mass is 442 g/mol. The fourth-order valence-corrected chi connectivity index (χ4v) is 4.86. The summed E-state index contributed by atoms with van der Waals surface area (Å²) in [7, 11) is 0. The van der Waals surface area contributed by atoms with Crippen LogP contribution in [0.4, 0.5) is 0 Å². The van der Waals surface area contributed by atoms with Crippen LogP contribution in [-0.2, 0) is 4.79 Å². The number of likely N-dealkylation sites (tertiary alicyclic amines) is 1. The maximum atomic E-state index is 13.1. The Bertz CT molecular complexity index is 947. The maximum Gasteiger partial charge on any atom is 0.253 e. The highest BCUT2D eigenvalue weighted by atomic mass is 35.5. The van der Waals surface area contributed by atoms with Crippen LogP contribution in [0.3, 0.4) is 0 Å². The van der Waals surface area contributed by atoms with Crippen LogP contribution in [0.15, 0.2) is 24.3 Å². The van der Waals surface area contributed by atoms with E-state index in [9.17, 15) is 9.59 Å². The summed E-state index contributed by atoms with van der Waals surface area (Å²) in [6.07, 6.45) is 7.52. The molecule has 2 heterocycles. The van der Waals surface area contributed by atoms with Crippen LogP contribution in [0.25, 0.3) is 5.69 Å². The minimum absolute atomic E-state index is 0.0203. The van der Waals surface area contributed by atoms with Crippen molar-refractivity contribution in [2.24, 2.45) is 5.92 Å². The van der Waals surface area contributed by atoms with Crippen molar-refractivity contribution in [1.82, 2.24) is 20.0 Å². The SMILES string of the molecule is Cc1nn(-c2ccc(C(=O)N3CCCC(C(=O)NC4CCCCC4)C3)cc2)c(C)c1Cl. The number of rotatable bonds is 4. The van der Waals surface area contributed by atoms with Gasteiger partial charge in [0.15, 0.2) is 0 Å². The topological polar surface area (TPSA) is 67.2 Å². The van der Waals surface area contributed by atoms with Gasteiger partial charge in [0.2, 0.25) is 5.91 Å². The lowest BCUT2D eigenvalue weighted by Crippen LogP contribution is -2.47. The van der Waals surface area contributed by atoms with Gasteiger partial charge < -0.3 is 10.2 Å². The van der Waals surface area contributed by atoms with E-state index in [1.807, 2.05) is 43.0 Å². The Hall–Kier alpha value is -2.34. The predicted octanol–water partition coefficient (Wildman–Crippen LogP) is 4.44. The van der Waals surface area contributed by atoms with E-state index >= 15 is 0 Å². The molecule has 1 unspecified atom stereocenters. The van der Waals surface area contributed by atoms with Gasteiger partial charge in [-0.1, -0.05) is 30.9 Å². The van der Waals surface area contributed by atoms with Gasteiger partial charge in [0, 0.05) is 24.7 Å². The quantitative estimate of drug-likeness (QED) is 0.760. The van der Waals surface area contributed by atoms with Crippen molar-refractivity contribution in [3.8, 4) is 5.69 Å². The minimum Gasteiger partial charge on any atom is -0.353 e. The number of hydrogen-bond acceptors (Lipinski definition) is 3. The summed E-state index contributed by atoms with van der Waals surface area (Å²) in [6.45, 7) is 4.99. The minimum atomic E-state index is -0.115. The molecule has 2 fully saturated rings. The molecule has 7 heteroatoms. The molecular weight excluding hydrogens is 412 g/mol. The number of benzene rings is 1. The molecule has 2 aliphatic rings. The number of aryl methyl sites for hydroxylation is 1. The molecule has 166 valence electrons. The van der Waals surface area contributed by atoms with E-state index in [2.05, 4.69) is 10.4 Å². The fourth-order valence-electron chi connectivity index (χ4n) is 4.74. The fraction of sp³-hybridized carbons (Fsp3) is 0.542. The van der Waals surface area contributed by atoms with Gasteiger partial charge >= 0.3 is 0 Å². The maximum absolute atomic E-state index is 13.1. The van der Waals surface area contributed by atoms with Crippen molar-refractivity contribution in [2.45, 2.75) is 64.8 Å². The highest BCUT2D eigenvalue weighted by Gasteiger charge is 2.30. The van der Waals surface area contributed by atoms with E-state index in [0.717, 1.165) is 42.8 Å². The van der Waals surface area contributed by atoms with Crippen LogP contribution < -0.4 is 5.32 Å². The first kappa shape index (κ1) is 21.9. The third-order valence-electron chi connectivity index (χ3n) is 6.59. The van der Waals surface area contributed by atoms with Crippen LogP contribution in [0.1, 0.15) is 66.7 Å². The zero-order chi connectivity index (χ0) is 22.0. The highest BCUT2D eigenvalue weighted by molar-refractivity contribution is 6.31. The van der Waals surface area contributed by atoms with E-state index in [4.69, 9.17) is 11.6 Å². The van der Waals surface area contributed by atoms with Crippen LogP contribution in [0.5, 0.6) is 0 Å². The average Bonchev–Trinajstić information content (AvgIpc) is 3.06. The highest BCUT2D eigenvalue weighted by Crippen LogP contribution is 2.24. The van der Waals surface area contributed by atoms with E-state index in [1.165, 1.54) is 19.3 Å². The lowest BCUT2D eigenvalue weighted by molar-refractivity contribution is -0.127. The largest absolute Gasteiger partial charge is 0.353 e. The van der Waals surface area contributed by atoms with Crippen molar-refractivity contribution in [3.05, 3.63) is 46.2 Å². The number of nitrogens with one attached hydrogen (secondary N) is 1. The third kappa shape index (κ3) is 4.79. The van der Waals surface area contributed by atoms with Gasteiger partial charge in [-0.2, -0.15) is 5.10 Å². The van der Waals surface area contributed by atoms with Gasteiger partial charge in [-0.15, -0.1) is 0 Å². The smallest absolute Gasteiger partial charge is 0.253 e. The average molecular weight is 443 g/mol. The number of hydrogen-bond donors (Lipinski definition) is 1. The molecule has 4 rings (SSSR count). The molecule has 31 heavy (non-hydrogen) atoms. The van der Waals surface area contributed by atoms with Gasteiger partial charge in [0.05, 0.1) is 28.0 Å². The molecule has 0 radical (unpaired) electrons. The lowest BCUT2D eigenvalue weighted by atomic mass is 9.92. The number of carbonyl (C=O) groups excluding carboxylic acids is 2. The van der Waals surface area contributed by atoms with E-state index in [1.54, 1.807) is 4.68 Å². The van der Waals surface area contributed by atoms with Gasteiger partial charge in [-0.25, -0.2) is 4.68 Å². The van der Waals surface area contributed by atoms with Crippen molar-refractivity contribution in [2.75, 3.05) is 13.1 Å². The standard InChI is InChI=1S/C24H31ClN4O2/c1-16-22(25)17(2)29(27-16)21-12-10-18(11-13-21)24(31)28-14-6-7-19(15-28)23(30)26-20-8-4-3-5-9-20/h10-13,19-20H,3-9,14-15H2,1-2H3,(H,26,30). The first-order chi connectivity index (χ1) is 14.9. The molecule has 1 aromatic carbocycles. The third-order valence-corrected chi connectivity index (χ3v) is 7.14. The molecule has 0 bridgehead atoms. The number of aromatic nitrogens is 2. The van der Waals surface area contributed by atoms with Gasteiger partial charge in [-0.05, 0) is 63.8 Å². The molecule has 1 aromatic heterocycles. The molecule has 1 aliphatic carbocycles. The molecule has 1 atom stereocenters. The van der Waals surface area contributed by atoms with E-state index < -0.39 is 0 Å². The van der Waals surface area contributed by atoms with E-state index in [0.29, 0.717) is 29.7 Å². The lowest BCUT2D eigenvalue weighted by Gasteiger charge is -2.33. The van der Waals surface area contributed by atoms with Gasteiger partial charge in [0.1, 0.15) is 0 Å². The molecule has 2 amide bonds. The first-order valence-electron chi connectivity index (χ1n) is 11.4. The summed E-state index contributed by atoms with van der Waals surface area (Å²) in [5.74, 6) is -0.0231. The van der Waals surface area contributed by atoms with Crippen LogP contribution in [-0.4, -0.2) is 45.6 Å². The number of carbonyl (C=O) groups is 2. The van der Waals surface area contributed by atoms with Crippen LogP contribution >= 0.6 is 11.6 Å². The summed E-state index contributed by atoms with van der Waals surface area (Å²) in [6, 6.07) is 7.74. The van der Waals surface area contributed by atoms with Crippen molar-refractivity contribution in [1.29, 1.82) is 0 Å². The van der Waals surface area contributed by atoms with Crippen molar-refractivity contribution < 1.29 is 9.59 Å². The van der Waals surface area contributed by atoms with Gasteiger partial charge in [0.25, 0.3) is 5.91 Å². The molecule has 1 N–H and O–H groups in total. The summed E-state index contributed by atoms with van der Waals surface area (Å²) in [5, 5.41) is 8.35. The normalized spacial score (nSPS) is 20.0. The summed E-state index contributed by atoms with van der Waals surface area (Å²) < 4.78 is 1.79. The predicted molar refractivity (Wildman–Crippen MR) is 122 cm³/mol. The zero-order valence-corrected chi connectivity index (χ0v) is 19.1. The second-order valence-electron chi connectivity index (χ2n) is 8.88. The Morgan fingerprint density at radius 3 is 2.39 bits per heavy atom. The van der Waals surface area contributed by atoms with Crippen LogP contribution in [0.2, 0.25) is 5.02 Å². The Morgan fingerprint density at radius 1 is 1.03 bits per heavy atom. The number of amides is 2. The number of piperidine rings is 1. The molecule has 1 saturated carbocycles. The Kier molecular flexibility index (Phi) is 6.65. The second-order valence-corrected chi connectivity index (χ2v) is 9.26. The molecule has 6 nitrogen and oxygen atoms in total. The number of halogens is 1. The van der Waals surface area contributed by atoms with Crippen molar-refractivity contribution in [3.63, 3.8) is 0 Å². The van der Waals surface area contributed by atoms with Gasteiger partial charge in [-0.3, -0.25) is 9.59 Å². The first-order valence-corrected chi connectivity index (χ1v) is 11.7. The second kappa shape index (κ2) is 9.43. The zero-order valence-electron chi connectivity index (χ0n) is 18.4. The molecule has 0 spiro atoms. The van der Waals surface area contributed by atoms with Crippen LogP contribution in [0, 0.1) is 19.8 Å².